The quantitative estimate of drug-likeness (QED) is 0.129. The van der Waals surface area contributed by atoms with Crippen LogP contribution < -0.4 is 9.97 Å². The molecule has 0 spiro atoms. The monoisotopic (exact) mass is 915 g/mol. The van der Waals surface area contributed by atoms with Crippen LogP contribution in [0.5, 0.6) is 0 Å². The molecule has 0 saturated heterocycles. The van der Waals surface area contributed by atoms with Crippen molar-refractivity contribution in [3.63, 3.8) is 0 Å². The number of hydrogen-bond acceptors (Lipinski definition) is 4. The van der Waals surface area contributed by atoms with Gasteiger partial charge in [-0.15, -0.1) is 22.1 Å². The van der Waals surface area contributed by atoms with Crippen LogP contribution in [0, 0.1) is 32.6 Å². The van der Waals surface area contributed by atoms with E-state index in [1.807, 2.05) is 0 Å². The summed E-state index contributed by atoms with van der Waals surface area (Å²) in [4.78, 5) is 28.7. The first kappa shape index (κ1) is 44.4. The standard InChI is InChI=1S/C48H36N4.C2H3F3S.NO.Ru/c1-29-5-13-33(14-6-29)45-37-21-23-39(49-37)46(34-15-7-30(2)8-16-34)41-25-27-43(51-41)48(36-19-11-32(4)12-20-36)44-28-26-42(52-44)47(40-24-22-38(45)50-40)35-17-9-31(3)10-18-35;3-2(4,5)1-6;1-2;/h5-28H,1-4H3;6H,1H2;;/q-2;;-1;+4/p-1. The van der Waals surface area contributed by atoms with Crippen molar-refractivity contribution in [2.45, 2.75) is 33.9 Å². The number of aryl methyl sites for hydroxylation is 4. The molecule has 0 aliphatic carbocycles. The third-order valence-corrected chi connectivity index (χ3v) is 10.5. The number of nitroso groups, excluding NO2 is 1. The molecule has 2 aliphatic rings. The molecule has 0 unspecified atom stereocenters. The van der Waals surface area contributed by atoms with Gasteiger partial charge in [-0.2, -0.15) is 13.2 Å². The van der Waals surface area contributed by atoms with Gasteiger partial charge in [0.15, 0.2) is 0 Å². The molecule has 7 aromatic rings. The number of benzene rings is 4. The Balaban J connectivity index is 0.000000639. The van der Waals surface area contributed by atoms with Crippen molar-refractivity contribution in [3.8, 4) is 44.5 Å². The molecule has 6 nitrogen and oxygen atoms in total. The topological polar surface area (TPSA) is 93.3 Å². The molecule has 4 aromatic carbocycles. The minimum Gasteiger partial charge on any atom is -0.784 e. The Bertz CT molecular complexity index is 2530. The van der Waals surface area contributed by atoms with Crippen LogP contribution in [0.2, 0.25) is 0 Å². The van der Waals surface area contributed by atoms with Crippen molar-refractivity contribution < 1.29 is 32.6 Å². The predicted octanol–water partition coefficient (Wildman–Crippen LogP) is 13.2. The molecular formula is C50H38F3N5ORuS. The van der Waals surface area contributed by atoms with Crippen LogP contribution in [0.3, 0.4) is 0 Å². The van der Waals surface area contributed by atoms with Crippen molar-refractivity contribution in [1.29, 1.82) is 0 Å². The number of halogens is 3. The van der Waals surface area contributed by atoms with E-state index in [1.54, 1.807) is 0 Å². The SMILES string of the molecule is Cc1ccc(-c2c3nc(c(-c4ccc(C)cc4)c4ccc([n-]4)c(-c4ccc(C)cc4)c4nc(c(-c5ccc(C)cc5)c5ccc2[n-]5)C=C4)C=C3)cc1.FC(F)(F)C[S-].[N-]=O.[Ru+4]. The van der Waals surface area contributed by atoms with Gasteiger partial charge in [0.2, 0.25) is 0 Å². The summed E-state index contributed by atoms with van der Waals surface area (Å²) in [6, 6.07) is 43.0. The molecule has 0 radical (unpaired) electrons. The fourth-order valence-electron chi connectivity index (χ4n) is 7.15. The Morgan fingerprint density at radius 1 is 0.443 bits per heavy atom. The van der Waals surface area contributed by atoms with E-state index in [4.69, 9.17) is 30.4 Å². The van der Waals surface area contributed by atoms with E-state index in [1.165, 1.54) is 22.3 Å². The summed E-state index contributed by atoms with van der Waals surface area (Å²) in [6.07, 6.45) is 4.33. The molecule has 0 amide bonds. The zero-order chi connectivity index (χ0) is 42.6. The van der Waals surface area contributed by atoms with E-state index in [9.17, 15) is 13.2 Å². The summed E-state index contributed by atoms with van der Waals surface area (Å²) >= 11 is 3.66. The maximum atomic E-state index is 10.7. The second-order valence-corrected chi connectivity index (χ2v) is 14.9. The van der Waals surface area contributed by atoms with E-state index in [-0.39, 0.29) is 19.5 Å². The van der Waals surface area contributed by atoms with Crippen molar-refractivity contribution in [2.75, 3.05) is 5.75 Å². The van der Waals surface area contributed by atoms with Gasteiger partial charge < -0.3 is 33.1 Å². The second kappa shape index (κ2) is 19.0. The molecule has 61 heavy (non-hydrogen) atoms. The summed E-state index contributed by atoms with van der Waals surface area (Å²) in [5.74, 6) is -1.15. The molecule has 0 atom stereocenters. The summed E-state index contributed by atoms with van der Waals surface area (Å²) < 4.78 is 32.0. The van der Waals surface area contributed by atoms with Crippen LogP contribution in [-0.4, -0.2) is 21.9 Å². The Labute approximate surface area is 370 Å². The summed E-state index contributed by atoms with van der Waals surface area (Å²) in [7, 11) is 0. The van der Waals surface area contributed by atoms with Crippen LogP contribution in [-0.2, 0) is 32.1 Å². The fourth-order valence-corrected chi connectivity index (χ4v) is 7.15. The van der Waals surface area contributed by atoms with Gasteiger partial charge in [0.25, 0.3) is 0 Å². The van der Waals surface area contributed by atoms with Crippen molar-refractivity contribution >= 4 is 59.0 Å². The molecule has 5 heterocycles. The third-order valence-electron chi connectivity index (χ3n) is 10.1. The average Bonchev–Trinajstić information content (AvgIpc) is 4.09. The smallest absolute Gasteiger partial charge is 0.784 e. The first-order chi connectivity index (χ1) is 28.9. The Morgan fingerprint density at radius 2 is 0.639 bits per heavy atom. The van der Waals surface area contributed by atoms with Gasteiger partial charge in [-0.05, 0) is 96.5 Å². The van der Waals surface area contributed by atoms with Crippen LogP contribution in [0.1, 0.15) is 45.0 Å². The molecule has 304 valence electrons. The van der Waals surface area contributed by atoms with E-state index >= 15 is 0 Å². The average molecular weight is 915 g/mol. The summed E-state index contributed by atoms with van der Waals surface area (Å²) in [6.45, 7) is 8.45. The minimum absolute atomic E-state index is 0. The van der Waals surface area contributed by atoms with E-state index in [0.717, 1.165) is 89.4 Å². The Kier molecular flexibility index (Phi) is 13.9. The number of aromatic nitrogens is 4. The van der Waals surface area contributed by atoms with Crippen molar-refractivity contribution in [2.24, 2.45) is 0 Å². The molecular weight excluding hydrogens is 877 g/mol. The molecule has 0 fully saturated rings. The first-order valence-corrected chi connectivity index (χ1v) is 19.7. The van der Waals surface area contributed by atoms with E-state index < -0.39 is 11.9 Å². The van der Waals surface area contributed by atoms with Gasteiger partial charge >= 0.3 is 25.7 Å². The maximum absolute atomic E-state index is 10.7. The number of rotatable bonds is 4. The van der Waals surface area contributed by atoms with Gasteiger partial charge in [0.05, 0.1) is 22.8 Å². The summed E-state index contributed by atoms with van der Waals surface area (Å²) in [5, 5.41) is 0. The van der Waals surface area contributed by atoms with Gasteiger partial charge in [0.1, 0.15) is 0 Å². The van der Waals surface area contributed by atoms with Gasteiger partial charge in [-0.25, -0.2) is 9.97 Å². The number of alkyl halides is 3. The number of fused-ring (bicyclic) bond motifs is 8. The predicted molar refractivity (Wildman–Crippen MR) is 243 cm³/mol. The van der Waals surface area contributed by atoms with Gasteiger partial charge in [-0.3, -0.25) is 0 Å². The molecule has 9 rings (SSSR count). The van der Waals surface area contributed by atoms with Gasteiger partial charge in [0, 0.05) is 0 Å². The third kappa shape index (κ3) is 9.91. The molecule has 3 aromatic heterocycles. The molecule has 8 bridgehead atoms. The normalized spacial score (nSPS) is 11.5. The largest absolute Gasteiger partial charge is 4.00 e. The van der Waals surface area contributed by atoms with Crippen LogP contribution in [0.15, 0.2) is 121 Å². The van der Waals surface area contributed by atoms with E-state index in [2.05, 4.69) is 186 Å². The van der Waals surface area contributed by atoms with Gasteiger partial charge in [-0.1, -0.05) is 149 Å². The molecule has 0 N–H and O–H groups in total. The van der Waals surface area contributed by atoms with Crippen molar-refractivity contribution in [3.05, 3.63) is 177 Å². The zero-order valence-corrected chi connectivity index (χ0v) is 36.2. The molecule has 0 saturated carbocycles. The van der Waals surface area contributed by atoms with E-state index in [0.29, 0.717) is 0 Å². The molecule has 2 aliphatic heterocycles. The number of hydrogen-bond donors (Lipinski definition) is 0. The van der Waals surface area contributed by atoms with Crippen molar-refractivity contribution in [1.82, 2.24) is 19.9 Å². The Morgan fingerprint density at radius 3 is 0.820 bits per heavy atom. The second-order valence-electron chi connectivity index (χ2n) is 14.6. The van der Waals surface area contributed by atoms with Crippen LogP contribution in [0.4, 0.5) is 13.2 Å². The Hall–Kier alpha value is -6.16. The first-order valence-electron chi connectivity index (χ1n) is 19.1. The molecule has 11 heteroatoms. The summed E-state index contributed by atoms with van der Waals surface area (Å²) in [5.41, 5.74) is 25.7. The maximum Gasteiger partial charge on any atom is 4.00 e. The van der Waals surface area contributed by atoms with Crippen LogP contribution in [0.25, 0.3) is 96.5 Å². The van der Waals surface area contributed by atoms with Crippen LogP contribution >= 0.6 is 0 Å². The zero-order valence-electron chi connectivity index (χ0n) is 33.6. The fraction of sp³-hybridized carbons (Fsp3) is 0.120. The number of nitrogens with zero attached hydrogens (tertiary/aromatic N) is 5. The minimum atomic E-state index is -4.14.